The summed E-state index contributed by atoms with van der Waals surface area (Å²) in [5.74, 6) is 1.03. The molecule has 0 saturated heterocycles. The molecule has 4 aromatic rings. The van der Waals surface area contributed by atoms with Gasteiger partial charge in [-0.2, -0.15) is 0 Å². The molecule has 4 rings (SSSR count). The third-order valence-corrected chi connectivity index (χ3v) is 7.26. The standard InChI is InChI=1S/C32H41N2O2/c1-3-4-5-6-7-8-17-24-36-26-34-30-23-16-15-22-29(30)33(2)31(34)25-32(35,27-18-11-9-12-19-27)28-20-13-10-14-21-28/h9-16,18-23,35H,3-8,17,24-26H2,1-2H3/q+1. The Balaban J connectivity index is 1.57. The van der Waals surface area contributed by atoms with Gasteiger partial charge in [0.25, 0.3) is 5.82 Å². The molecule has 0 amide bonds. The number of rotatable bonds is 14. The number of aromatic nitrogens is 2. The van der Waals surface area contributed by atoms with Crippen molar-refractivity contribution >= 4 is 11.0 Å². The fourth-order valence-electron chi connectivity index (χ4n) is 5.14. The van der Waals surface area contributed by atoms with Gasteiger partial charge in [-0.25, -0.2) is 9.13 Å². The molecule has 1 aromatic heterocycles. The Morgan fingerprint density at radius 2 is 1.31 bits per heavy atom. The van der Waals surface area contributed by atoms with Gasteiger partial charge >= 0.3 is 0 Å². The van der Waals surface area contributed by atoms with E-state index in [0.717, 1.165) is 41.0 Å². The Bertz CT molecular complexity index is 1160. The molecule has 0 spiro atoms. The molecular weight excluding hydrogens is 444 g/mol. The Morgan fingerprint density at radius 1 is 0.750 bits per heavy atom. The summed E-state index contributed by atoms with van der Waals surface area (Å²) >= 11 is 0. The monoisotopic (exact) mass is 485 g/mol. The van der Waals surface area contributed by atoms with Crippen molar-refractivity contribution in [1.29, 1.82) is 0 Å². The maximum atomic E-state index is 12.2. The lowest BCUT2D eigenvalue weighted by Crippen LogP contribution is -2.40. The molecule has 0 aliphatic heterocycles. The van der Waals surface area contributed by atoms with Crippen molar-refractivity contribution < 1.29 is 14.4 Å². The van der Waals surface area contributed by atoms with Crippen molar-refractivity contribution in [3.05, 3.63) is 102 Å². The minimum absolute atomic E-state index is 0.437. The topological polar surface area (TPSA) is 38.3 Å². The highest BCUT2D eigenvalue weighted by atomic mass is 16.5. The molecule has 0 radical (unpaired) electrons. The molecule has 0 aliphatic rings. The van der Waals surface area contributed by atoms with Crippen molar-refractivity contribution in [3.63, 3.8) is 0 Å². The van der Waals surface area contributed by atoms with Gasteiger partial charge in [-0.1, -0.05) is 118 Å². The summed E-state index contributed by atoms with van der Waals surface area (Å²) in [6, 6.07) is 28.4. The Kier molecular flexibility index (Phi) is 9.32. The summed E-state index contributed by atoms with van der Waals surface area (Å²) < 4.78 is 10.6. The Labute approximate surface area is 216 Å². The van der Waals surface area contributed by atoms with Gasteiger partial charge in [0, 0.05) is 0 Å². The second-order valence-electron chi connectivity index (χ2n) is 9.82. The zero-order valence-corrected chi connectivity index (χ0v) is 21.9. The van der Waals surface area contributed by atoms with Crippen LogP contribution in [0.25, 0.3) is 11.0 Å². The van der Waals surface area contributed by atoms with Crippen molar-refractivity contribution in [2.75, 3.05) is 6.61 Å². The summed E-state index contributed by atoms with van der Waals surface area (Å²) in [6.07, 6.45) is 9.34. The lowest BCUT2D eigenvalue weighted by atomic mass is 9.83. The largest absolute Gasteiger partial charge is 0.380 e. The predicted octanol–water partition coefficient (Wildman–Crippen LogP) is 6.67. The van der Waals surface area contributed by atoms with E-state index in [1.807, 2.05) is 60.7 Å². The number of ether oxygens (including phenoxy) is 1. The molecule has 0 bridgehead atoms. The number of nitrogens with zero attached hydrogens (tertiary/aromatic N) is 2. The minimum atomic E-state index is -1.16. The molecule has 0 unspecified atom stereocenters. The van der Waals surface area contributed by atoms with Gasteiger partial charge in [-0.3, -0.25) is 0 Å². The molecule has 36 heavy (non-hydrogen) atoms. The van der Waals surface area contributed by atoms with E-state index in [-0.39, 0.29) is 0 Å². The van der Waals surface area contributed by atoms with Crippen molar-refractivity contribution in [1.82, 2.24) is 4.57 Å². The number of para-hydroxylation sites is 2. The smallest absolute Gasteiger partial charge is 0.262 e. The highest BCUT2D eigenvalue weighted by molar-refractivity contribution is 5.72. The molecule has 4 nitrogen and oxygen atoms in total. The molecule has 4 heteroatoms. The van der Waals surface area contributed by atoms with E-state index >= 15 is 0 Å². The van der Waals surface area contributed by atoms with Crippen molar-refractivity contribution in [2.24, 2.45) is 7.05 Å². The van der Waals surface area contributed by atoms with Crippen LogP contribution in [0, 0.1) is 0 Å². The Morgan fingerprint density at radius 3 is 1.94 bits per heavy atom. The Hall–Kier alpha value is -2.95. The van der Waals surface area contributed by atoms with Crippen molar-refractivity contribution in [3.8, 4) is 0 Å². The van der Waals surface area contributed by atoms with Crippen LogP contribution in [-0.2, 0) is 30.5 Å². The zero-order valence-electron chi connectivity index (χ0n) is 21.9. The van der Waals surface area contributed by atoms with Crippen LogP contribution in [0.3, 0.4) is 0 Å². The number of unbranched alkanes of at least 4 members (excludes halogenated alkanes) is 6. The highest BCUT2D eigenvalue weighted by Gasteiger charge is 2.37. The minimum Gasteiger partial charge on any atom is -0.380 e. The normalized spacial score (nSPS) is 11.9. The summed E-state index contributed by atoms with van der Waals surface area (Å²) in [6.45, 7) is 3.49. The van der Waals surface area contributed by atoms with Gasteiger partial charge in [0.1, 0.15) is 5.60 Å². The number of aryl methyl sites for hydroxylation is 1. The fraction of sp³-hybridized carbons (Fsp3) is 0.406. The number of hydrogen-bond donors (Lipinski definition) is 1. The lowest BCUT2D eigenvalue weighted by molar-refractivity contribution is -0.655. The van der Waals surface area contributed by atoms with E-state index in [0.29, 0.717) is 13.2 Å². The lowest BCUT2D eigenvalue weighted by Gasteiger charge is -2.28. The maximum absolute atomic E-state index is 12.2. The molecular formula is C32H41N2O2+. The zero-order chi connectivity index (χ0) is 25.2. The first-order valence-corrected chi connectivity index (χ1v) is 13.5. The summed E-state index contributed by atoms with van der Waals surface area (Å²) in [5.41, 5.74) is 2.87. The predicted molar refractivity (Wildman–Crippen MR) is 147 cm³/mol. The first kappa shape index (κ1) is 26.1. The average Bonchev–Trinajstić information content (AvgIpc) is 3.19. The third-order valence-electron chi connectivity index (χ3n) is 7.26. The van der Waals surface area contributed by atoms with Gasteiger partial charge in [-0.15, -0.1) is 0 Å². The number of imidazole rings is 1. The number of fused-ring (bicyclic) bond motifs is 1. The van der Waals surface area contributed by atoms with Crippen LogP contribution >= 0.6 is 0 Å². The van der Waals surface area contributed by atoms with E-state index in [1.54, 1.807) is 0 Å². The molecule has 0 saturated carbocycles. The second kappa shape index (κ2) is 12.8. The van der Waals surface area contributed by atoms with Crippen LogP contribution in [0.1, 0.15) is 68.8 Å². The molecule has 1 N–H and O–H groups in total. The molecule has 0 fully saturated rings. The molecule has 0 aliphatic carbocycles. The summed E-state index contributed by atoms with van der Waals surface area (Å²) in [7, 11) is 2.08. The SMILES string of the molecule is CCCCCCCCCOCn1c(CC(O)(c2ccccc2)c2ccccc2)[n+](C)c2ccccc21. The first-order chi connectivity index (χ1) is 17.6. The molecule has 190 valence electrons. The van der Waals surface area contributed by atoms with Crippen LogP contribution in [0.5, 0.6) is 0 Å². The quantitative estimate of drug-likeness (QED) is 0.160. The maximum Gasteiger partial charge on any atom is 0.262 e. The van der Waals surface area contributed by atoms with Crippen molar-refractivity contribution in [2.45, 2.75) is 70.6 Å². The molecule has 0 atom stereocenters. The summed E-state index contributed by atoms with van der Waals surface area (Å²) in [4.78, 5) is 0. The number of benzene rings is 3. The first-order valence-electron chi connectivity index (χ1n) is 13.5. The van der Waals surface area contributed by atoms with Gasteiger partial charge in [0.2, 0.25) is 0 Å². The van der Waals surface area contributed by atoms with Gasteiger partial charge in [-0.05, 0) is 29.7 Å². The van der Waals surface area contributed by atoms with Gasteiger partial charge in [0.05, 0.1) is 20.1 Å². The average molecular weight is 486 g/mol. The summed E-state index contributed by atoms with van der Waals surface area (Å²) in [5, 5.41) is 12.2. The van der Waals surface area contributed by atoms with Gasteiger partial charge in [0.15, 0.2) is 17.8 Å². The molecule has 1 heterocycles. The number of aliphatic hydroxyl groups is 1. The highest BCUT2D eigenvalue weighted by Crippen LogP contribution is 2.33. The van der Waals surface area contributed by atoms with E-state index < -0.39 is 5.60 Å². The van der Waals surface area contributed by atoms with Crippen LogP contribution < -0.4 is 4.57 Å². The van der Waals surface area contributed by atoms with Crippen LogP contribution in [-0.4, -0.2) is 16.3 Å². The third kappa shape index (κ3) is 6.05. The van der Waals surface area contributed by atoms with Crippen LogP contribution in [0.2, 0.25) is 0 Å². The van der Waals surface area contributed by atoms with E-state index in [1.165, 1.54) is 38.5 Å². The van der Waals surface area contributed by atoms with E-state index in [9.17, 15) is 5.11 Å². The van der Waals surface area contributed by atoms with Crippen LogP contribution in [0.15, 0.2) is 84.9 Å². The van der Waals surface area contributed by atoms with Gasteiger partial charge < -0.3 is 9.84 Å². The van der Waals surface area contributed by atoms with Crippen LogP contribution in [0.4, 0.5) is 0 Å². The van der Waals surface area contributed by atoms with E-state index in [4.69, 9.17) is 4.74 Å². The number of hydrogen-bond acceptors (Lipinski definition) is 2. The fourth-order valence-corrected chi connectivity index (χ4v) is 5.14. The second-order valence-corrected chi connectivity index (χ2v) is 9.82. The van der Waals surface area contributed by atoms with E-state index in [2.05, 4.69) is 47.4 Å². The molecule has 3 aromatic carbocycles.